The highest BCUT2D eigenvalue weighted by Gasteiger charge is 2.27. The van der Waals surface area contributed by atoms with Crippen LogP contribution in [-0.2, 0) is 4.74 Å². The van der Waals surface area contributed by atoms with E-state index in [1.54, 1.807) is 32.7 Å². The number of hydrogen-bond donors (Lipinski definition) is 1. The molecule has 8 nitrogen and oxygen atoms in total. The van der Waals surface area contributed by atoms with Crippen molar-refractivity contribution in [2.45, 2.75) is 32.8 Å². The van der Waals surface area contributed by atoms with Gasteiger partial charge in [0.25, 0.3) is 5.91 Å². The summed E-state index contributed by atoms with van der Waals surface area (Å²) in [5.74, 6) is -0.183. The van der Waals surface area contributed by atoms with Crippen LogP contribution in [0.3, 0.4) is 0 Å². The van der Waals surface area contributed by atoms with Gasteiger partial charge in [-0.2, -0.15) is 0 Å². The summed E-state index contributed by atoms with van der Waals surface area (Å²) in [5.41, 5.74) is 0.0792. The Balaban J connectivity index is 1.69. The second-order valence-corrected chi connectivity index (χ2v) is 7.36. The summed E-state index contributed by atoms with van der Waals surface area (Å²) in [6.45, 7) is 7.41. The molecule has 1 aliphatic heterocycles. The summed E-state index contributed by atoms with van der Waals surface area (Å²) >= 11 is 0. The molecule has 1 saturated heterocycles. The number of carbonyl (C=O) groups excluding carboxylic acids is 2. The summed E-state index contributed by atoms with van der Waals surface area (Å²) in [6.07, 6.45) is 3.65. The van der Waals surface area contributed by atoms with E-state index in [9.17, 15) is 14.7 Å². The third-order valence-electron chi connectivity index (χ3n) is 4.12. The Labute approximate surface area is 152 Å². The number of pyridine rings is 1. The molecule has 0 aliphatic carbocycles. The lowest BCUT2D eigenvalue weighted by Gasteiger charge is -2.26. The van der Waals surface area contributed by atoms with E-state index in [2.05, 4.69) is 4.98 Å². The van der Waals surface area contributed by atoms with Gasteiger partial charge in [0.2, 0.25) is 0 Å². The molecule has 0 saturated carbocycles. The molecule has 1 aliphatic rings. The van der Waals surface area contributed by atoms with Gasteiger partial charge >= 0.3 is 6.09 Å². The molecule has 2 aromatic heterocycles. The molecule has 0 aromatic carbocycles. The van der Waals surface area contributed by atoms with Crippen molar-refractivity contribution in [3.8, 4) is 5.75 Å². The molecule has 3 heterocycles. The van der Waals surface area contributed by atoms with Crippen LogP contribution in [0.2, 0.25) is 0 Å². The number of fused-ring (bicyclic) bond motifs is 1. The first-order valence-corrected chi connectivity index (χ1v) is 8.68. The molecule has 0 radical (unpaired) electrons. The second-order valence-electron chi connectivity index (χ2n) is 7.36. The van der Waals surface area contributed by atoms with E-state index in [1.807, 2.05) is 20.8 Å². The van der Waals surface area contributed by atoms with Crippen molar-refractivity contribution in [1.82, 2.24) is 19.2 Å². The number of rotatable bonds is 1. The van der Waals surface area contributed by atoms with Crippen LogP contribution in [0.25, 0.3) is 5.65 Å². The molecule has 26 heavy (non-hydrogen) atoms. The number of imidazole rings is 1. The Bertz CT molecular complexity index is 824. The van der Waals surface area contributed by atoms with Gasteiger partial charge < -0.3 is 24.0 Å². The van der Waals surface area contributed by atoms with Gasteiger partial charge in [-0.15, -0.1) is 0 Å². The lowest BCUT2D eigenvalue weighted by Crippen LogP contribution is -2.40. The predicted molar refractivity (Wildman–Crippen MR) is 95.2 cm³/mol. The molecule has 2 amide bonds. The number of ether oxygens (including phenoxy) is 1. The van der Waals surface area contributed by atoms with Gasteiger partial charge in [0.15, 0.2) is 11.4 Å². The van der Waals surface area contributed by atoms with Crippen LogP contribution in [0.1, 0.15) is 37.7 Å². The molecule has 3 rings (SSSR count). The molecule has 0 atom stereocenters. The fraction of sp³-hybridized carbons (Fsp3) is 0.500. The third-order valence-corrected chi connectivity index (χ3v) is 4.12. The van der Waals surface area contributed by atoms with Gasteiger partial charge in [-0.1, -0.05) is 0 Å². The maximum absolute atomic E-state index is 12.8. The standard InChI is InChI=1S/C18H24N4O4/c1-18(2,3)26-17(25)21-9-5-8-20(10-11-21)16(24)13-12-22-7-4-6-14(23)15(22)19-13/h4,6-7,12,23H,5,8-11H2,1-3H3. The molecule has 0 unspecified atom stereocenters. The van der Waals surface area contributed by atoms with Crippen molar-refractivity contribution in [3.05, 3.63) is 30.2 Å². The zero-order valence-electron chi connectivity index (χ0n) is 15.3. The van der Waals surface area contributed by atoms with Crippen LogP contribution < -0.4 is 0 Å². The molecule has 0 spiro atoms. The van der Waals surface area contributed by atoms with Crippen molar-refractivity contribution in [1.29, 1.82) is 0 Å². The van der Waals surface area contributed by atoms with Crippen LogP contribution in [0.4, 0.5) is 4.79 Å². The molecular formula is C18H24N4O4. The third kappa shape index (κ3) is 3.89. The van der Waals surface area contributed by atoms with Crippen molar-refractivity contribution < 1.29 is 19.4 Å². The Kier molecular flexibility index (Phi) is 4.76. The Morgan fingerprint density at radius 2 is 1.85 bits per heavy atom. The maximum atomic E-state index is 12.8. The van der Waals surface area contributed by atoms with Crippen LogP contribution in [0, 0.1) is 0 Å². The van der Waals surface area contributed by atoms with Crippen molar-refractivity contribution in [2.24, 2.45) is 0 Å². The van der Waals surface area contributed by atoms with E-state index in [1.165, 1.54) is 6.07 Å². The maximum Gasteiger partial charge on any atom is 0.410 e. The van der Waals surface area contributed by atoms with E-state index < -0.39 is 5.60 Å². The minimum atomic E-state index is -0.544. The molecule has 1 fully saturated rings. The summed E-state index contributed by atoms with van der Waals surface area (Å²) in [5, 5.41) is 9.84. The number of nitrogens with zero attached hydrogens (tertiary/aromatic N) is 4. The largest absolute Gasteiger partial charge is 0.504 e. The topological polar surface area (TPSA) is 87.4 Å². The average Bonchev–Trinajstić information content (AvgIpc) is 2.84. The minimum absolute atomic E-state index is 0.0264. The van der Waals surface area contributed by atoms with Gasteiger partial charge in [-0.3, -0.25) is 4.79 Å². The molecular weight excluding hydrogens is 336 g/mol. The normalized spacial score (nSPS) is 15.8. The van der Waals surface area contributed by atoms with Crippen molar-refractivity contribution in [3.63, 3.8) is 0 Å². The molecule has 140 valence electrons. The highest BCUT2D eigenvalue weighted by atomic mass is 16.6. The zero-order chi connectivity index (χ0) is 18.9. The first kappa shape index (κ1) is 18.0. The Morgan fingerprint density at radius 3 is 2.54 bits per heavy atom. The summed E-state index contributed by atoms with van der Waals surface area (Å²) in [7, 11) is 0. The Morgan fingerprint density at radius 1 is 1.15 bits per heavy atom. The van der Waals surface area contributed by atoms with Gasteiger partial charge in [-0.05, 0) is 39.3 Å². The summed E-state index contributed by atoms with van der Waals surface area (Å²) in [4.78, 5) is 32.6. The quantitative estimate of drug-likeness (QED) is 0.842. The van der Waals surface area contributed by atoms with Crippen molar-refractivity contribution >= 4 is 17.6 Å². The van der Waals surface area contributed by atoms with E-state index in [0.29, 0.717) is 38.2 Å². The number of carbonyl (C=O) groups is 2. The summed E-state index contributed by atoms with van der Waals surface area (Å²) in [6, 6.07) is 3.21. The van der Waals surface area contributed by atoms with Gasteiger partial charge in [-0.25, -0.2) is 9.78 Å². The lowest BCUT2D eigenvalue weighted by molar-refractivity contribution is 0.0255. The summed E-state index contributed by atoms with van der Waals surface area (Å²) < 4.78 is 7.02. The van der Waals surface area contributed by atoms with Crippen LogP contribution in [0.5, 0.6) is 5.75 Å². The molecule has 0 bridgehead atoms. The minimum Gasteiger partial charge on any atom is -0.504 e. The van der Waals surface area contributed by atoms with E-state index in [-0.39, 0.29) is 23.4 Å². The van der Waals surface area contributed by atoms with Gasteiger partial charge in [0, 0.05) is 38.6 Å². The van der Waals surface area contributed by atoms with Crippen molar-refractivity contribution in [2.75, 3.05) is 26.2 Å². The van der Waals surface area contributed by atoms with E-state index in [0.717, 1.165) is 0 Å². The van der Waals surface area contributed by atoms with Crippen LogP contribution in [0.15, 0.2) is 24.5 Å². The highest BCUT2D eigenvalue weighted by molar-refractivity contribution is 5.93. The molecule has 8 heteroatoms. The number of hydrogen-bond acceptors (Lipinski definition) is 5. The Hall–Kier alpha value is -2.77. The van der Waals surface area contributed by atoms with Gasteiger partial charge in [0.1, 0.15) is 11.3 Å². The fourth-order valence-electron chi connectivity index (χ4n) is 2.89. The average molecular weight is 360 g/mol. The first-order chi connectivity index (χ1) is 12.2. The number of aromatic nitrogens is 2. The zero-order valence-corrected chi connectivity index (χ0v) is 15.3. The molecule has 2 aromatic rings. The smallest absolute Gasteiger partial charge is 0.410 e. The second kappa shape index (κ2) is 6.86. The SMILES string of the molecule is CC(C)(C)OC(=O)N1CCCN(C(=O)c2cn3cccc(O)c3n2)CC1. The van der Waals surface area contributed by atoms with E-state index in [4.69, 9.17) is 4.74 Å². The first-order valence-electron chi connectivity index (χ1n) is 8.68. The number of amides is 2. The van der Waals surface area contributed by atoms with Crippen LogP contribution in [-0.4, -0.2) is 68.1 Å². The molecule has 1 N–H and O–H groups in total. The van der Waals surface area contributed by atoms with E-state index >= 15 is 0 Å². The van der Waals surface area contributed by atoms with Crippen LogP contribution >= 0.6 is 0 Å². The monoisotopic (exact) mass is 360 g/mol. The number of aromatic hydroxyl groups is 1. The van der Waals surface area contributed by atoms with Gasteiger partial charge in [0.05, 0.1) is 0 Å². The lowest BCUT2D eigenvalue weighted by atomic mass is 10.2. The fourth-order valence-corrected chi connectivity index (χ4v) is 2.89. The highest BCUT2D eigenvalue weighted by Crippen LogP contribution is 2.18. The predicted octanol–water partition coefficient (Wildman–Crippen LogP) is 2.12.